The van der Waals surface area contributed by atoms with Gasteiger partial charge in [-0.3, -0.25) is 4.79 Å². The normalized spacial score (nSPS) is 10.3. The van der Waals surface area contributed by atoms with Crippen molar-refractivity contribution in [2.45, 2.75) is 6.92 Å². The second-order valence-corrected chi connectivity index (χ2v) is 3.53. The highest BCUT2D eigenvalue weighted by Crippen LogP contribution is 2.12. The fourth-order valence-corrected chi connectivity index (χ4v) is 1.48. The average molecular weight is 248 g/mol. The summed E-state index contributed by atoms with van der Waals surface area (Å²) in [6.45, 7) is 1.96. The molecule has 2 aromatic heterocycles. The Bertz CT molecular complexity index is 629. The van der Waals surface area contributed by atoms with Gasteiger partial charge in [0.15, 0.2) is 5.82 Å². The molecule has 7 nitrogen and oxygen atoms in total. The summed E-state index contributed by atoms with van der Waals surface area (Å²) in [5.41, 5.74) is 0.251. The zero-order valence-electron chi connectivity index (χ0n) is 10.0. The van der Waals surface area contributed by atoms with Gasteiger partial charge in [-0.15, -0.1) is 5.10 Å². The van der Waals surface area contributed by atoms with Crippen molar-refractivity contribution in [2.24, 2.45) is 7.05 Å². The van der Waals surface area contributed by atoms with Crippen LogP contribution in [0, 0.1) is 0 Å². The molecule has 0 aliphatic heterocycles. The van der Waals surface area contributed by atoms with Gasteiger partial charge in [-0.1, -0.05) is 6.07 Å². The number of nitrogens with one attached hydrogen (secondary N) is 1. The van der Waals surface area contributed by atoms with Crippen molar-refractivity contribution in [1.82, 2.24) is 19.7 Å². The summed E-state index contributed by atoms with van der Waals surface area (Å²) in [4.78, 5) is 29.4. The zero-order valence-corrected chi connectivity index (χ0v) is 10.0. The molecule has 18 heavy (non-hydrogen) atoms. The largest absolute Gasteiger partial charge is 0.460 e. The number of carbonyl (C=O) groups excluding carboxylic acids is 1. The van der Waals surface area contributed by atoms with E-state index in [0.717, 1.165) is 0 Å². The molecule has 0 aromatic carbocycles. The van der Waals surface area contributed by atoms with E-state index in [-0.39, 0.29) is 18.0 Å². The van der Waals surface area contributed by atoms with Crippen LogP contribution in [0.15, 0.2) is 23.0 Å². The molecular formula is C11H12N4O3. The number of rotatable bonds is 3. The van der Waals surface area contributed by atoms with E-state index in [1.807, 2.05) is 0 Å². The predicted molar refractivity (Wildman–Crippen MR) is 63.0 cm³/mol. The van der Waals surface area contributed by atoms with Gasteiger partial charge in [0.05, 0.1) is 12.3 Å². The van der Waals surface area contributed by atoms with Crippen LogP contribution in [0.5, 0.6) is 0 Å². The van der Waals surface area contributed by atoms with Crippen LogP contribution in [0.25, 0.3) is 11.5 Å². The molecule has 0 aliphatic carbocycles. The molecule has 0 amide bonds. The van der Waals surface area contributed by atoms with Crippen molar-refractivity contribution in [3.05, 3.63) is 34.4 Å². The summed E-state index contributed by atoms with van der Waals surface area (Å²) >= 11 is 0. The lowest BCUT2D eigenvalue weighted by atomic mass is 10.3. The Morgan fingerprint density at radius 2 is 2.28 bits per heavy atom. The summed E-state index contributed by atoms with van der Waals surface area (Å²) in [6.07, 6.45) is 0. The third-order valence-corrected chi connectivity index (χ3v) is 2.23. The molecule has 1 N–H and O–H groups in total. The van der Waals surface area contributed by atoms with Gasteiger partial charge in [0.25, 0.3) is 5.82 Å². The maximum absolute atomic E-state index is 11.5. The molecule has 0 spiro atoms. The predicted octanol–water partition coefficient (Wildman–Crippen LogP) is 0.347. The van der Waals surface area contributed by atoms with E-state index in [1.54, 1.807) is 26.1 Å². The fourth-order valence-electron chi connectivity index (χ4n) is 1.48. The molecule has 0 unspecified atom stereocenters. The quantitative estimate of drug-likeness (QED) is 0.791. The maximum atomic E-state index is 11.5. The van der Waals surface area contributed by atoms with Crippen LogP contribution in [0.2, 0.25) is 0 Å². The number of H-pyrrole nitrogens is 1. The Kier molecular flexibility index (Phi) is 3.22. The third-order valence-electron chi connectivity index (χ3n) is 2.23. The lowest BCUT2D eigenvalue weighted by molar-refractivity contribution is 0.0512. The van der Waals surface area contributed by atoms with Gasteiger partial charge in [-0.05, 0) is 13.0 Å². The standard InChI is InChI=1S/C11H12N4O3/c1-3-18-11(17)9-13-10(15(2)14-9)7-5-4-6-8(16)12-7/h4-6H,3H2,1-2H3,(H,12,16). The van der Waals surface area contributed by atoms with Crippen molar-refractivity contribution in [1.29, 1.82) is 0 Å². The Hall–Kier alpha value is -2.44. The minimum atomic E-state index is -0.586. The van der Waals surface area contributed by atoms with Crippen molar-refractivity contribution >= 4 is 5.97 Å². The first-order chi connectivity index (χ1) is 8.61. The van der Waals surface area contributed by atoms with Crippen LogP contribution in [0.3, 0.4) is 0 Å². The second-order valence-electron chi connectivity index (χ2n) is 3.53. The topological polar surface area (TPSA) is 89.9 Å². The van der Waals surface area contributed by atoms with Gasteiger partial charge >= 0.3 is 5.97 Å². The number of carbonyl (C=O) groups is 1. The molecular weight excluding hydrogens is 236 g/mol. The Balaban J connectivity index is 2.41. The summed E-state index contributed by atoms with van der Waals surface area (Å²) in [5.74, 6) is -0.215. The molecule has 94 valence electrons. The van der Waals surface area contributed by atoms with Gasteiger partial charge in [0.1, 0.15) is 0 Å². The van der Waals surface area contributed by atoms with Crippen molar-refractivity contribution < 1.29 is 9.53 Å². The Morgan fingerprint density at radius 3 is 2.94 bits per heavy atom. The highest BCUT2D eigenvalue weighted by atomic mass is 16.5. The number of aryl methyl sites for hydroxylation is 1. The zero-order chi connectivity index (χ0) is 13.1. The number of aromatic amines is 1. The number of nitrogens with zero attached hydrogens (tertiary/aromatic N) is 3. The lowest BCUT2D eigenvalue weighted by Crippen LogP contribution is -2.07. The van der Waals surface area contributed by atoms with E-state index in [4.69, 9.17) is 4.74 Å². The first-order valence-electron chi connectivity index (χ1n) is 5.39. The van der Waals surface area contributed by atoms with Crippen LogP contribution < -0.4 is 5.56 Å². The van der Waals surface area contributed by atoms with Gasteiger partial charge in [0.2, 0.25) is 5.56 Å². The van der Waals surface area contributed by atoms with Crippen LogP contribution in [0.1, 0.15) is 17.5 Å². The minimum Gasteiger partial charge on any atom is -0.460 e. The molecule has 0 fully saturated rings. The summed E-state index contributed by atoms with van der Waals surface area (Å²) < 4.78 is 6.22. The first-order valence-corrected chi connectivity index (χ1v) is 5.39. The average Bonchev–Trinajstić information content (AvgIpc) is 2.72. The molecule has 0 radical (unpaired) electrons. The van der Waals surface area contributed by atoms with Gasteiger partial charge in [-0.2, -0.15) is 4.98 Å². The lowest BCUT2D eigenvalue weighted by Gasteiger charge is -1.97. The number of aromatic nitrogens is 4. The molecule has 2 rings (SSSR count). The van der Waals surface area contributed by atoms with Gasteiger partial charge in [-0.25, -0.2) is 9.48 Å². The van der Waals surface area contributed by atoms with Crippen molar-refractivity contribution in [3.8, 4) is 11.5 Å². The van der Waals surface area contributed by atoms with E-state index < -0.39 is 5.97 Å². The van der Waals surface area contributed by atoms with E-state index in [1.165, 1.54) is 10.7 Å². The molecule has 2 heterocycles. The maximum Gasteiger partial charge on any atom is 0.378 e. The van der Waals surface area contributed by atoms with Crippen LogP contribution >= 0.6 is 0 Å². The summed E-state index contributed by atoms with van der Waals surface area (Å²) in [5, 5.41) is 3.94. The molecule has 0 atom stereocenters. The molecule has 2 aromatic rings. The second kappa shape index (κ2) is 4.82. The van der Waals surface area contributed by atoms with Crippen LogP contribution in [-0.2, 0) is 11.8 Å². The SMILES string of the molecule is CCOC(=O)c1nc(-c2cccc(=O)[nH]2)n(C)n1. The molecule has 0 saturated heterocycles. The summed E-state index contributed by atoms with van der Waals surface area (Å²) in [6, 6.07) is 4.68. The smallest absolute Gasteiger partial charge is 0.378 e. The van der Waals surface area contributed by atoms with E-state index in [9.17, 15) is 9.59 Å². The van der Waals surface area contributed by atoms with Crippen LogP contribution in [0.4, 0.5) is 0 Å². The highest BCUT2D eigenvalue weighted by molar-refractivity contribution is 5.85. The van der Waals surface area contributed by atoms with E-state index in [0.29, 0.717) is 11.5 Å². The van der Waals surface area contributed by atoms with Gasteiger partial charge < -0.3 is 9.72 Å². The van der Waals surface area contributed by atoms with Crippen LogP contribution in [-0.4, -0.2) is 32.3 Å². The Labute approximate surface area is 102 Å². The fraction of sp³-hybridized carbons (Fsp3) is 0.273. The molecule has 7 heteroatoms. The third kappa shape index (κ3) is 2.29. The van der Waals surface area contributed by atoms with Crippen molar-refractivity contribution in [2.75, 3.05) is 6.61 Å². The number of pyridine rings is 1. The minimum absolute atomic E-state index is 0.0287. The molecule has 0 saturated carbocycles. The summed E-state index contributed by atoms with van der Waals surface area (Å²) in [7, 11) is 1.64. The van der Waals surface area contributed by atoms with E-state index >= 15 is 0 Å². The number of ether oxygens (including phenoxy) is 1. The molecule has 0 bridgehead atoms. The number of hydrogen-bond donors (Lipinski definition) is 1. The monoisotopic (exact) mass is 248 g/mol. The molecule has 0 aliphatic rings. The Morgan fingerprint density at radius 1 is 1.50 bits per heavy atom. The number of hydrogen-bond acceptors (Lipinski definition) is 5. The number of esters is 1. The highest BCUT2D eigenvalue weighted by Gasteiger charge is 2.17. The van der Waals surface area contributed by atoms with E-state index in [2.05, 4.69) is 15.1 Å². The van der Waals surface area contributed by atoms with Gasteiger partial charge in [0, 0.05) is 13.1 Å². The van der Waals surface area contributed by atoms with Crippen molar-refractivity contribution in [3.63, 3.8) is 0 Å². The first kappa shape index (κ1) is 12.0.